The molecule has 0 saturated carbocycles. The van der Waals surface area contributed by atoms with Gasteiger partial charge in [0.25, 0.3) is 0 Å². The van der Waals surface area contributed by atoms with Crippen molar-refractivity contribution in [2.45, 2.75) is 38.8 Å². The van der Waals surface area contributed by atoms with Gasteiger partial charge in [-0.15, -0.1) is 0 Å². The fraction of sp³-hybridized carbons (Fsp3) is 0.562. The second kappa shape index (κ2) is 6.27. The number of hydrogen-bond donors (Lipinski definition) is 1. The summed E-state index contributed by atoms with van der Waals surface area (Å²) in [5.41, 5.74) is 2.10. The SMILES string of the molecule is CC(C)NC1CCCN(c2ccccc2N(C)C)C1=O. The van der Waals surface area contributed by atoms with Crippen LogP contribution in [0.25, 0.3) is 0 Å². The third-order valence-electron chi connectivity index (χ3n) is 3.63. The van der Waals surface area contributed by atoms with Gasteiger partial charge in [0.1, 0.15) is 0 Å². The number of nitrogens with zero attached hydrogens (tertiary/aromatic N) is 2. The van der Waals surface area contributed by atoms with Crippen LogP contribution in [0.4, 0.5) is 11.4 Å². The van der Waals surface area contributed by atoms with Gasteiger partial charge in [0, 0.05) is 26.7 Å². The lowest BCUT2D eigenvalue weighted by atomic mass is 10.0. The first-order chi connectivity index (χ1) is 9.50. The van der Waals surface area contributed by atoms with Gasteiger partial charge in [0.15, 0.2) is 0 Å². The summed E-state index contributed by atoms with van der Waals surface area (Å²) in [6, 6.07) is 8.37. The molecule has 20 heavy (non-hydrogen) atoms. The molecule has 1 N–H and O–H groups in total. The zero-order chi connectivity index (χ0) is 14.7. The Morgan fingerprint density at radius 2 is 2.00 bits per heavy atom. The summed E-state index contributed by atoms with van der Waals surface area (Å²) in [5.74, 6) is 0.194. The average molecular weight is 275 g/mol. The summed E-state index contributed by atoms with van der Waals surface area (Å²) in [5, 5.41) is 3.38. The topological polar surface area (TPSA) is 35.6 Å². The maximum Gasteiger partial charge on any atom is 0.244 e. The van der Waals surface area contributed by atoms with Crippen molar-refractivity contribution in [3.05, 3.63) is 24.3 Å². The standard InChI is InChI=1S/C16H25N3O/c1-12(2)17-13-8-7-11-19(16(13)20)15-10-6-5-9-14(15)18(3)4/h5-6,9-10,12-13,17H,7-8,11H2,1-4H3. The largest absolute Gasteiger partial charge is 0.376 e. The van der Waals surface area contributed by atoms with Gasteiger partial charge in [-0.2, -0.15) is 0 Å². The summed E-state index contributed by atoms with van der Waals surface area (Å²) in [7, 11) is 4.02. The molecule has 1 fully saturated rings. The van der Waals surface area contributed by atoms with Crippen molar-refractivity contribution in [2.24, 2.45) is 0 Å². The summed E-state index contributed by atoms with van der Waals surface area (Å²) < 4.78 is 0. The van der Waals surface area contributed by atoms with Crippen LogP contribution >= 0.6 is 0 Å². The van der Waals surface area contributed by atoms with Crippen LogP contribution in [0.2, 0.25) is 0 Å². The molecule has 1 aromatic carbocycles. The first-order valence-electron chi connectivity index (χ1n) is 7.34. The van der Waals surface area contributed by atoms with Gasteiger partial charge in [0.05, 0.1) is 17.4 Å². The Hall–Kier alpha value is -1.55. The van der Waals surface area contributed by atoms with E-state index in [1.807, 2.05) is 37.2 Å². The highest BCUT2D eigenvalue weighted by molar-refractivity contribution is 6.00. The maximum absolute atomic E-state index is 12.7. The molecule has 0 aliphatic carbocycles. The third-order valence-corrected chi connectivity index (χ3v) is 3.63. The zero-order valence-corrected chi connectivity index (χ0v) is 12.9. The highest BCUT2D eigenvalue weighted by Crippen LogP contribution is 2.30. The number of anilines is 2. The molecule has 1 aliphatic heterocycles. The van der Waals surface area contributed by atoms with E-state index in [1.54, 1.807) is 0 Å². The fourth-order valence-corrected chi connectivity index (χ4v) is 2.74. The Balaban J connectivity index is 2.26. The second-order valence-corrected chi connectivity index (χ2v) is 5.89. The van der Waals surface area contributed by atoms with E-state index in [1.165, 1.54) is 0 Å². The number of amides is 1. The Morgan fingerprint density at radius 3 is 2.65 bits per heavy atom. The summed E-state index contributed by atoms with van der Waals surface area (Å²) in [6.45, 7) is 4.97. The van der Waals surface area contributed by atoms with Crippen molar-refractivity contribution in [3.8, 4) is 0 Å². The number of carbonyl (C=O) groups is 1. The predicted octanol–water partition coefficient (Wildman–Crippen LogP) is 2.25. The smallest absolute Gasteiger partial charge is 0.244 e. The van der Waals surface area contributed by atoms with Crippen LogP contribution in [0.15, 0.2) is 24.3 Å². The molecule has 1 aliphatic rings. The molecular formula is C16H25N3O. The van der Waals surface area contributed by atoms with Crippen LogP contribution in [0.1, 0.15) is 26.7 Å². The molecule has 1 aromatic rings. The minimum atomic E-state index is -0.0565. The molecule has 1 unspecified atom stereocenters. The van der Waals surface area contributed by atoms with Crippen LogP contribution in [0.5, 0.6) is 0 Å². The fourth-order valence-electron chi connectivity index (χ4n) is 2.74. The molecule has 110 valence electrons. The number of rotatable bonds is 4. The third kappa shape index (κ3) is 3.12. The van der Waals surface area contributed by atoms with E-state index in [2.05, 4.69) is 30.1 Å². The number of benzene rings is 1. The van der Waals surface area contributed by atoms with E-state index in [-0.39, 0.29) is 11.9 Å². The minimum Gasteiger partial charge on any atom is -0.376 e. The molecule has 4 heteroatoms. The first kappa shape index (κ1) is 14.9. The second-order valence-electron chi connectivity index (χ2n) is 5.89. The summed E-state index contributed by atoms with van der Waals surface area (Å²) in [4.78, 5) is 16.7. The number of carbonyl (C=O) groups excluding carboxylic acids is 1. The first-order valence-corrected chi connectivity index (χ1v) is 7.34. The van der Waals surface area contributed by atoms with Crippen molar-refractivity contribution in [3.63, 3.8) is 0 Å². The van der Waals surface area contributed by atoms with E-state index < -0.39 is 0 Å². The lowest BCUT2D eigenvalue weighted by molar-refractivity contribution is -0.121. The van der Waals surface area contributed by atoms with Gasteiger partial charge in [-0.1, -0.05) is 26.0 Å². The van der Waals surface area contributed by atoms with Gasteiger partial charge >= 0.3 is 0 Å². The highest BCUT2D eigenvalue weighted by Gasteiger charge is 2.30. The number of para-hydroxylation sites is 2. The molecule has 2 rings (SSSR count). The van der Waals surface area contributed by atoms with Crippen molar-refractivity contribution in [1.29, 1.82) is 0 Å². The van der Waals surface area contributed by atoms with E-state index >= 15 is 0 Å². The van der Waals surface area contributed by atoms with Crippen LogP contribution in [0, 0.1) is 0 Å². The van der Waals surface area contributed by atoms with Crippen molar-refractivity contribution < 1.29 is 4.79 Å². The van der Waals surface area contributed by atoms with Crippen molar-refractivity contribution in [1.82, 2.24) is 5.32 Å². The minimum absolute atomic E-state index is 0.0565. The van der Waals surface area contributed by atoms with Crippen LogP contribution in [0.3, 0.4) is 0 Å². The van der Waals surface area contributed by atoms with E-state index in [4.69, 9.17) is 0 Å². The Labute approximate surface area is 121 Å². The van der Waals surface area contributed by atoms with Gasteiger partial charge in [-0.25, -0.2) is 0 Å². The van der Waals surface area contributed by atoms with Crippen LogP contribution in [-0.2, 0) is 4.79 Å². The molecule has 1 atom stereocenters. The quantitative estimate of drug-likeness (QED) is 0.915. The molecule has 4 nitrogen and oxygen atoms in total. The lowest BCUT2D eigenvalue weighted by Crippen LogP contribution is -2.52. The van der Waals surface area contributed by atoms with Gasteiger partial charge in [-0.05, 0) is 25.0 Å². The Bertz CT molecular complexity index is 471. The predicted molar refractivity (Wildman–Crippen MR) is 84.4 cm³/mol. The van der Waals surface area contributed by atoms with Crippen molar-refractivity contribution >= 4 is 17.3 Å². The van der Waals surface area contributed by atoms with E-state index in [9.17, 15) is 4.79 Å². The summed E-state index contributed by atoms with van der Waals surface area (Å²) in [6.07, 6.45) is 1.97. The lowest BCUT2D eigenvalue weighted by Gasteiger charge is -2.35. The Morgan fingerprint density at radius 1 is 1.30 bits per heavy atom. The highest BCUT2D eigenvalue weighted by atomic mass is 16.2. The molecule has 0 radical (unpaired) electrons. The Kier molecular flexibility index (Phi) is 4.65. The molecule has 1 amide bonds. The summed E-state index contributed by atoms with van der Waals surface area (Å²) >= 11 is 0. The monoisotopic (exact) mass is 275 g/mol. The van der Waals surface area contributed by atoms with Crippen molar-refractivity contribution in [2.75, 3.05) is 30.4 Å². The maximum atomic E-state index is 12.7. The van der Waals surface area contributed by atoms with Gasteiger partial charge in [-0.3, -0.25) is 4.79 Å². The molecule has 0 spiro atoms. The zero-order valence-electron chi connectivity index (χ0n) is 12.9. The normalized spacial score (nSPS) is 19.6. The van der Waals surface area contributed by atoms with Crippen LogP contribution in [-0.4, -0.2) is 38.6 Å². The average Bonchev–Trinajstić information content (AvgIpc) is 2.40. The molecular weight excluding hydrogens is 250 g/mol. The van der Waals surface area contributed by atoms with Crippen LogP contribution < -0.4 is 15.1 Å². The van der Waals surface area contributed by atoms with Gasteiger partial charge < -0.3 is 15.1 Å². The molecule has 0 bridgehead atoms. The van der Waals surface area contributed by atoms with Gasteiger partial charge in [0.2, 0.25) is 5.91 Å². The number of piperidine rings is 1. The van der Waals surface area contributed by atoms with E-state index in [0.29, 0.717) is 6.04 Å². The number of nitrogens with one attached hydrogen (secondary N) is 1. The van der Waals surface area contributed by atoms with E-state index in [0.717, 1.165) is 30.8 Å². The molecule has 1 saturated heterocycles. The number of hydrogen-bond acceptors (Lipinski definition) is 3. The molecule has 0 aromatic heterocycles. The molecule has 1 heterocycles.